The van der Waals surface area contributed by atoms with Gasteiger partial charge in [0.1, 0.15) is 5.76 Å². The number of nitrogens with zero attached hydrogens (tertiary/aromatic N) is 2. The number of aromatic nitrogens is 1. The Kier molecular flexibility index (Phi) is 8.69. The van der Waals surface area contributed by atoms with E-state index >= 15 is 0 Å². The van der Waals surface area contributed by atoms with Crippen LogP contribution in [0.3, 0.4) is 0 Å². The van der Waals surface area contributed by atoms with E-state index in [-0.39, 0.29) is 0 Å². The average molecular weight is 324 g/mol. The summed E-state index contributed by atoms with van der Waals surface area (Å²) in [5.74, 6) is 2.60. The van der Waals surface area contributed by atoms with E-state index in [2.05, 4.69) is 41.6 Å². The molecule has 1 unspecified atom stereocenters. The van der Waals surface area contributed by atoms with Crippen molar-refractivity contribution in [1.82, 2.24) is 15.8 Å². The molecule has 23 heavy (non-hydrogen) atoms. The molecular formula is C17H32N4O2. The summed E-state index contributed by atoms with van der Waals surface area (Å²) < 4.78 is 10.8. The molecule has 0 aromatic carbocycles. The Labute approximate surface area is 140 Å². The number of hydrogen-bond donors (Lipinski definition) is 2. The van der Waals surface area contributed by atoms with Crippen LogP contribution in [0.25, 0.3) is 0 Å². The van der Waals surface area contributed by atoms with Gasteiger partial charge in [-0.1, -0.05) is 25.9 Å². The van der Waals surface area contributed by atoms with Crippen molar-refractivity contribution in [3.8, 4) is 0 Å². The molecule has 0 saturated carbocycles. The van der Waals surface area contributed by atoms with Gasteiger partial charge in [0.25, 0.3) is 0 Å². The summed E-state index contributed by atoms with van der Waals surface area (Å²) in [6.45, 7) is 13.6. The zero-order valence-electron chi connectivity index (χ0n) is 15.4. The molecule has 6 heteroatoms. The third-order valence-corrected chi connectivity index (χ3v) is 3.59. The summed E-state index contributed by atoms with van der Waals surface area (Å²) in [4.78, 5) is 4.25. The van der Waals surface area contributed by atoms with Crippen LogP contribution in [0.4, 0.5) is 0 Å². The second-order valence-corrected chi connectivity index (χ2v) is 6.34. The van der Waals surface area contributed by atoms with Gasteiger partial charge in [0.2, 0.25) is 0 Å². The number of hydrogen-bond acceptors (Lipinski definition) is 4. The molecule has 0 radical (unpaired) electrons. The van der Waals surface area contributed by atoms with Crippen LogP contribution in [-0.2, 0) is 4.74 Å². The lowest BCUT2D eigenvalue weighted by Crippen LogP contribution is -2.39. The molecule has 1 atom stereocenters. The molecule has 1 heterocycles. The molecule has 0 bridgehead atoms. The molecule has 0 aliphatic rings. The van der Waals surface area contributed by atoms with Gasteiger partial charge in [-0.2, -0.15) is 0 Å². The zero-order valence-corrected chi connectivity index (χ0v) is 15.4. The maximum absolute atomic E-state index is 5.57. The Hall–Kier alpha value is -1.56. The van der Waals surface area contributed by atoms with Crippen molar-refractivity contribution in [3.05, 3.63) is 17.0 Å². The van der Waals surface area contributed by atoms with Gasteiger partial charge in [-0.25, -0.2) is 0 Å². The summed E-state index contributed by atoms with van der Waals surface area (Å²) in [6, 6.07) is 0. The third kappa shape index (κ3) is 7.03. The van der Waals surface area contributed by atoms with Crippen molar-refractivity contribution < 1.29 is 9.26 Å². The van der Waals surface area contributed by atoms with Crippen LogP contribution in [-0.4, -0.2) is 44.5 Å². The van der Waals surface area contributed by atoms with Crippen LogP contribution in [0, 0.1) is 19.8 Å². The predicted octanol–water partition coefficient (Wildman–Crippen LogP) is 2.62. The van der Waals surface area contributed by atoms with Crippen LogP contribution in [0.1, 0.15) is 50.1 Å². The predicted molar refractivity (Wildman–Crippen MR) is 94.0 cm³/mol. The first-order chi connectivity index (χ1) is 11.0. The minimum absolute atomic E-state index is 0.314. The van der Waals surface area contributed by atoms with E-state index in [1.807, 2.05) is 13.8 Å². The first-order valence-electron chi connectivity index (χ1n) is 8.40. The summed E-state index contributed by atoms with van der Waals surface area (Å²) in [6.07, 6.45) is 0.965. The third-order valence-electron chi connectivity index (χ3n) is 3.59. The monoisotopic (exact) mass is 324 g/mol. The van der Waals surface area contributed by atoms with Crippen LogP contribution in [0.5, 0.6) is 0 Å². The number of rotatable bonds is 9. The summed E-state index contributed by atoms with van der Waals surface area (Å²) in [5.41, 5.74) is 2.14. The standard InChI is InChI=1S/C17H32N4O2/c1-12(2)11-22-9-7-8-19-17(18-6)20-10-13(3)16-14(4)21-23-15(16)5/h12-13H,7-11H2,1-6H3,(H2,18,19,20). The number of guanidine groups is 1. The minimum Gasteiger partial charge on any atom is -0.381 e. The van der Waals surface area contributed by atoms with E-state index in [1.165, 1.54) is 5.56 Å². The van der Waals surface area contributed by atoms with E-state index in [0.29, 0.717) is 11.8 Å². The second kappa shape index (κ2) is 10.3. The van der Waals surface area contributed by atoms with Gasteiger partial charge in [0.15, 0.2) is 5.96 Å². The molecule has 1 aromatic rings. The van der Waals surface area contributed by atoms with Gasteiger partial charge >= 0.3 is 0 Å². The fourth-order valence-corrected chi connectivity index (χ4v) is 2.47. The molecule has 0 aliphatic carbocycles. The second-order valence-electron chi connectivity index (χ2n) is 6.34. The van der Waals surface area contributed by atoms with Crippen molar-refractivity contribution in [1.29, 1.82) is 0 Å². The van der Waals surface area contributed by atoms with Crippen molar-refractivity contribution in [2.24, 2.45) is 10.9 Å². The number of ether oxygens (including phenoxy) is 1. The molecule has 0 saturated heterocycles. The maximum Gasteiger partial charge on any atom is 0.190 e. The molecule has 1 rings (SSSR count). The lowest BCUT2D eigenvalue weighted by molar-refractivity contribution is 0.108. The normalized spacial score (nSPS) is 13.4. The van der Waals surface area contributed by atoms with Gasteiger partial charge in [-0.15, -0.1) is 0 Å². The minimum atomic E-state index is 0.314. The van der Waals surface area contributed by atoms with E-state index in [0.717, 1.165) is 50.1 Å². The smallest absolute Gasteiger partial charge is 0.190 e. The van der Waals surface area contributed by atoms with E-state index in [9.17, 15) is 0 Å². The first-order valence-corrected chi connectivity index (χ1v) is 8.40. The van der Waals surface area contributed by atoms with Crippen LogP contribution >= 0.6 is 0 Å². The number of aryl methyl sites for hydroxylation is 2. The van der Waals surface area contributed by atoms with Crippen molar-refractivity contribution in [3.63, 3.8) is 0 Å². The average Bonchev–Trinajstić information content (AvgIpc) is 2.84. The highest BCUT2D eigenvalue weighted by molar-refractivity contribution is 5.79. The topological polar surface area (TPSA) is 71.7 Å². The lowest BCUT2D eigenvalue weighted by atomic mass is 10.00. The van der Waals surface area contributed by atoms with Crippen LogP contribution in [0.15, 0.2) is 9.52 Å². The van der Waals surface area contributed by atoms with Gasteiger partial charge in [-0.05, 0) is 26.2 Å². The number of aliphatic imine (C=N–C) groups is 1. The maximum atomic E-state index is 5.57. The summed E-state index contributed by atoms with van der Waals surface area (Å²) >= 11 is 0. The molecule has 1 aromatic heterocycles. The molecule has 0 aliphatic heterocycles. The molecule has 0 fully saturated rings. The van der Waals surface area contributed by atoms with Gasteiger partial charge in [0.05, 0.1) is 5.69 Å². The van der Waals surface area contributed by atoms with Gasteiger partial charge in [-0.3, -0.25) is 4.99 Å². The Bertz CT molecular complexity index is 463. The molecule has 132 valence electrons. The van der Waals surface area contributed by atoms with Gasteiger partial charge < -0.3 is 19.9 Å². The molecule has 2 N–H and O–H groups in total. The van der Waals surface area contributed by atoms with Crippen molar-refractivity contribution in [2.75, 3.05) is 33.4 Å². The molecular weight excluding hydrogens is 292 g/mol. The van der Waals surface area contributed by atoms with Gasteiger partial charge in [0, 0.05) is 44.8 Å². The molecule has 0 amide bonds. The van der Waals surface area contributed by atoms with Crippen LogP contribution in [0.2, 0.25) is 0 Å². The Morgan fingerprint density at radius 2 is 2.00 bits per heavy atom. The lowest BCUT2D eigenvalue weighted by Gasteiger charge is -2.16. The van der Waals surface area contributed by atoms with E-state index < -0.39 is 0 Å². The SMILES string of the molecule is CN=C(NCCCOCC(C)C)NCC(C)c1c(C)noc1C. The Balaban J connectivity index is 2.26. The molecule has 6 nitrogen and oxygen atoms in total. The van der Waals surface area contributed by atoms with Crippen molar-refractivity contribution >= 4 is 5.96 Å². The summed E-state index contributed by atoms with van der Waals surface area (Å²) in [5, 5.41) is 10.7. The first kappa shape index (κ1) is 19.5. The number of nitrogens with one attached hydrogen (secondary N) is 2. The fraction of sp³-hybridized carbons (Fsp3) is 0.765. The van der Waals surface area contributed by atoms with E-state index in [1.54, 1.807) is 7.05 Å². The summed E-state index contributed by atoms with van der Waals surface area (Å²) in [7, 11) is 1.78. The zero-order chi connectivity index (χ0) is 17.2. The largest absolute Gasteiger partial charge is 0.381 e. The highest BCUT2D eigenvalue weighted by atomic mass is 16.5. The van der Waals surface area contributed by atoms with Crippen LogP contribution < -0.4 is 10.6 Å². The fourth-order valence-electron chi connectivity index (χ4n) is 2.47. The van der Waals surface area contributed by atoms with Crippen molar-refractivity contribution in [2.45, 2.75) is 47.0 Å². The highest BCUT2D eigenvalue weighted by Crippen LogP contribution is 2.22. The van der Waals surface area contributed by atoms with E-state index in [4.69, 9.17) is 9.26 Å². The Morgan fingerprint density at radius 3 is 2.57 bits per heavy atom. The quantitative estimate of drug-likeness (QED) is 0.415. The Morgan fingerprint density at radius 1 is 1.26 bits per heavy atom. The highest BCUT2D eigenvalue weighted by Gasteiger charge is 2.16. The molecule has 0 spiro atoms.